The molecular weight excluding hydrogens is 747 g/mol. The number of hydrogen-bond donors (Lipinski definition) is 0. The van der Waals surface area contributed by atoms with E-state index in [-0.39, 0.29) is 51.5 Å². The number of rotatable bonds is 9. The van der Waals surface area contributed by atoms with Crippen LogP contribution in [0.25, 0.3) is 10.9 Å². The van der Waals surface area contributed by atoms with Crippen molar-refractivity contribution in [2.45, 2.75) is 114 Å². The molecule has 6 heterocycles. The van der Waals surface area contributed by atoms with Gasteiger partial charge >= 0.3 is 12.1 Å². The van der Waals surface area contributed by atoms with E-state index >= 15 is 4.39 Å². The van der Waals surface area contributed by atoms with E-state index in [1.807, 2.05) is 25.7 Å². The Hall–Kier alpha value is -3.84. The standard InChI is InChI=1S/C43H54ClFN6O4Si/c1-41(2,3)55-40(52)51-29-18-19-30(51)26-49(25-29)38-34-24-46-37(44)35(45)36(34)47-39(48-38)53-28-43-21-13-23-50(43)31(20-22-43)27-54-56(42(4,5)6,32-14-9-7-10-15-32)33-16-11-8-12-17-33/h7-12,14-17,24,29-31H,13,18-23,25-28H2,1-6H3/t29?,30?,31-,43+/m0/s1. The van der Waals surface area contributed by atoms with Gasteiger partial charge in [-0.15, -0.1) is 0 Å². The first-order valence-electron chi connectivity index (χ1n) is 20.1. The summed E-state index contributed by atoms with van der Waals surface area (Å²) in [5, 5.41) is 2.66. The number of hydrogen-bond acceptors (Lipinski definition) is 9. The Balaban J connectivity index is 1.04. The van der Waals surface area contributed by atoms with E-state index in [2.05, 4.69) is 101 Å². The number of carbonyl (C=O) groups is 1. The number of fused-ring (bicyclic) bond motifs is 4. The van der Waals surface area contributed by atoms with Crippen LogP contribution < -0.4 is 20.0 Å². The van der Waals surface area contributed by atoms with E-state index in [9.17, 15) is 4.79 Å². The summed E-state index contributed by atoms with van der Waals surface area (Å²) in [6.45, 7) is 15.6. The lowest BCUT2D eigenvalue weighted by Gasteiger charge is -2.44. The van der Waals surface area contributed by atoms with Crippen LogP contribution in [0.1, 0.15) is 80.1 Å². The van der Waals surface area contributed by atoms with Crippen molar-refractivity contribution < 1.29 is 23.1 Å². The maximum absolute atomic E-state index is 15.7. The molecule has 4 saturated heterocycles. The van der Waals surface area contributed by atoms with E-state index in [0.717, 1.165) is 45.1 Å². The molecule has 2 unspecified atom stereocenters. The summed E-state index contributed by atoms with van der Waals surface area (Å²) in [4.78, 5) is 33.5. The van der Waals surface area contributed by atoms with Crippen molar-refractivity contribution in [1.82, 2.24) is 24.8 Å². The van der Waals surface area contributed by atoms with E-state index in [0.29, 0.717) is 37.5 Å². The number of ether oxygens (including phenoxy) is 2. The third-order valence-corrected chi connectivity index (χ3v) is 17.7. The molecule has 2 aromatic heterocycles. The number of halogens is 2. The Morgan fingerprint density at radius 2 is 1.57 bits per heavy atom. The van der Waals surface area contributed by atoms with Crippen LogP contribution in [-0.4, -0.2) is 101 Å². The molecule has 4 fully saturated rings. The summed E-state index contributed by atoms with van der Waals surface area (Å²) in [6.07, 6.45) is 6.94. The van der Waals surface area contributed by atoms with Crippen LogP contribution in [-0.2, 0) is 9.16 Å². The summed E-state index contributed by atoms with van der Waals surface area (Å²) in [5.74, 6) is -0.160. The van der Waals surface area contributed by atoms with Crippen molar-refractivity contribution in [3.8, 4) is 6.01 Å². The maximum atomic E-state index is 15.7. The SMILES string of the molecule is CC(C)(C)OC(=O)N1C2CCC1CN(c1nc(OC[C@]34CCCN3[C@H](CO[Si](c3ccccc3)(c3ccccc3)C(C)(C)C)CC4)nc3c(F)c(Cl)ncc13)C2. The van der Waals surface area contributed by atoms with Crippen molar-refractivity contribution in [3.05, 3.63) is 77.8 Å². The summed E-state index contributed by atoms with van der Waals surface area (Å²) in [5.41, 5.74) is -0.713. The molecule has 0 aliphatic carbocycles. The van der Waals surface area contributed by atoms with Gasteiger partial charge in [0.05, 0.1) is 29.6 Å². The number of pyridine rings is 1. The summed E-state index contributed by atoms with van der Waals surface area (Å²) in [6, 6.07) is 21.8. The van der Waals surface area contributed by atoms with Crippen LogP contribution in [0.5, 0.6) is 6.01 Å². The summed E-state index contributed by atoms with van der Waals surface area (Å²) in [7, 11) is -2.70. The number of piperazine rings is 1. The minimum absolute atomic E-state index is 0.0597. The third-order valence-electron chi connectivity index (χ3n) is 12.4. The molecule has 4 atom stereocenters. The molecule has 0 saturated carbocycles. The molecule has 0 N–H and O–H groups in total. The molecule has 4 aliphatic heterocycles. The van der Waals surface area contributed by atoms with Gasteiger partial charge in [0.25, 0.3) is 8.32 Å². The third kappa shape index (κ3) is 7.05. The zero-order valence-electron chi connectivity index (χ0n) is 33.4. The van der Waals surface area contributed by atoms with E-state index < -0.39 is 19.7 Å². The highest BCUT2D eigenvalue weighted by Crippen LogP contribution is 2.45. The summed E-state index contributed by atoms with van der Waals surface area (Å²) >= 11 is 6.20. The molecule has 2 aromatic carbocycles. The predicted octanol–water partition coefficient (Wildman–Crippen LogP) is 7.36. The van der Waals surface area contributed by atoms with Crippen LogP contribution in [0, 0.1) is 5.82 Å². The Kier molecular flexibility index (Phi) is 10.3. The Labute approximate surface area is 335 Å². The van der Waals surface area contributed by atoms with Crippen LogP contribution in [0.15, 0.2) is 66.9 Å². The fourth-order valence-electron chi connectivity index (χ4n) is 9.96. The van der Waals surface area contributed by atoms with Crippen molar-refractivity contribution in [1.29, 1.82) is 0 Å². The lowest BCUT2D eigenvalue weighted by atomic mass is 9.95. The van der Waals surface area contributed by atoms with Crippen molar-refractivity contribution in [3.63, 3.8) is 0 Å². The average molecular weight is 801 g/mol. The maximum Gasteiger partial charge on any atom is 0.410 e. The normalized spacial score (nSPS) is 24.2. The highest BCUT2D eigenvalue weighted by molar-refractivity contribution is 6.99. The van der Waals surface area contributed by atoms with Gasteiger partial charge in [-0.05, 0) is 81.3 Å². The fraction of sp³-hybridized carbons (Fsp3) is 0.535. The lowest BCUT2D eigenvalue weighted by Crippen LogP contribution is -2.67. The van der Waals surface area contributed by atoms with Crippen LogP contribution in [0.4, 0.5) is 15.0 Å². The first-order chi connectivity index (χ1) is 26.7. The average Bonchev–Trinajstić information content (AvgIpc) is 3.81. The minimum Gasteiger partial charge on any atom is -0.461 e. The van der Waals surface area contributed by atoms with Gasteiger partial charge in [-0.25, -0.2) is 14.2 Å². The molecule has 0 radical (unpaired) electrons. The highest BCUT2D eigenvalue weighted by atomic mass is 35.5. The topological polar surface area (TPSA) is 93.2 Å². The monoisotopic (exact) mass is 800 g/mol. The zero-order chi connectivity index (χ0) is 39.5. The largest absolute Gasteiger partial charge is 0.461 e. The molecule has 4 aliphatic rings. The van der Waals surface area contributed by atoms with Crippen molar-refractivity contribution >= 4 is 53.1 Å². The number of amides is 1. The van der Waals surface area contributed by atoms with E-state index in [4.69, 9.17) is 30.5 Å². The molecule has 8 rings (SSSR count). The van der Waals surface area contributed by atoms with E-state index in [1.54, 1.807) is 0 Å². The van der Waals surface area contributed by atoms with Crippen LogP contribution in [0.2, 0.25) is 10.2 Å². The Morgan fingerprint density at radius 1 is 0.929 bits per heavy atom. The van der Waals surface area contributed by atoms with Gasteiger partial charge < -0.3 is 18.8 Å². The lowest BCUT2D eigenvalue weighted by molar-refractivity contribution is 0.0122. The molecule has 1 amide bonds. The number of benzene rings is 2. The number of carbonyl (C=O) groups excluding carboxylic acids is 1. The number of nitrogens with zero attached hydrogens (tertiary/aromatic N) is 6. The second-order valence-corrected chi connectivity index (χ2v) is 22.8. The quantitative estimate of drug-likeness (QED) is 0.127. The van der Waals surface area contributed by atoms with Crippen LogP contribution in [0.3, 0.4) is 0 Å². The Bertz CT molecular complexity index is 2010. The first kappa shape index (κ1) is 39.0. The Morgan fingerprint density at radius 3 is 2.18 bits per heavy atom. The van der Waals surface area contributed by atoms with Gasteiger partial charge in [0.1, 0.15) is 23.5 Å². The summed E-state index contributed by atoms with van der Waals surface area (Å²) < 4.78 is 35.4. The van der Waals surface area contributed by atoms with Gasteiger partial charge in [0, 0.05) is 25.3 Å². The van der Waals surface area contributed by atoms with Crippen molar-refractivity contribution in [2.75, 3.05) is 37.7 Å². The number of anilines is 1. The molecule has 2 bridgehead atoms. The smallest absolute Gasteiger partial charge is 0.410 e. The highest BCUT2D eigenvalue weighted by Gasteiger charge is 2.54. The van der Waals surface area contributed by atoms with Gasteiger partial charge in [0.15, 0.2) is 11.0 Å². The molecular formula is C43H54ClFN6O4Si. The molecule has 56 heavy (non-hydrogen) atoms. The fourth-order valence-corrected chi connectivity index (χ4v) is 14.7. The molecule has 298 valence electrons. The van der Waals surface area contributed by atoms with Crippen LogP contribution >= 0.6 is 11.6 Å². The minimum atomic E-state index is -2.70. The molecule has 4 aromatic rings. The second-order valence-electron chi connectivity index (χ2n) is 18.1. The molecule has 13 heteroatoms. The van der Waals surface area contributed by atoms with Gasteiger partial charge in [0.2, 0.25) is 0 Å². The van der Waals surface area contributed by atoms with Gasteiger partial charge in [-0.1, -0.05) is 93.0 Å². The zero-order valence-corrected chi connectivity index (χ0v) is 35.2. The van der Waals surface area contributed by atoms with Gasteiger partial charge in [-0.3, -0.25) is 9.80 Å². The van der Waals surface area contributed by atoms with Gasteiger partial charge in [-0.2, -0.15) is 9.97 Å². The second kappa shape index (κ2) is 14.8. The predicted molar refractivity (Wildman–Crippen MR) is 220 cm³/mol. The molecule has 0 spiro atoms. The van der Waals surface area contributed by atoms with Crippen molar-refractivity contribution in [2.24, 2.45) is 0 Å². The number of aromatic nitrogens is 3. The first-order valence-corrected chi connectivity index (χ1v) is 22.4. The molecule has 10 nitrogen and oxygen atoms in total. The van der Waals surface area contributed by atoms with E-state index in [1.165, 1.54) is 16.6 Å².